The lowest BCUT2D eigenvalue weighted by Crippen LogP contribution is -2.45. The van der Waals surface area contributed by atoms with E-state index in [-0.39, 0.29) is 11.4 Å². The molecule has 4 heteroatoms. The van der Waals surface area contributed by atoms with E-state index in [2.05, 4.69) is 29.7 Å². The second kappa shape index (κ2) is 6.58. The minimum Gasteiger partial charge on any atom is -0.380 e. The first-order valence-electron chi connectivity index (χ1n) is 7.81. The molecule has 1 saturated heterocycles. The number of nitrogens with one attached hydrogen (secondary N) is 2. The summed E-state index contributed by atoms with van der Waals surface area (Å²) in [5.41, 5.74) is -0.137. The van der Waals surface area contributed by atoms with Gasteiger partial charge < -0.3 is 15.7 Å². The third-order valence-electron chi connectivity index (χ3n) is 4.27. The molecule has 0 unspecified atom stereocenters. The molecule has 0 aliphatic carbocycles. The molecule has 0 saturated carbocycles. The highest BCUT2D eigenvalue weighted by molar-refractivity contribution is 5.84. The van der Waals surface area contributed by atoms with E-state index in [4.69, 9.17) is 0 Å². The maximum atomic E-state index is 12.0. The minimum atomic E-state index is -1.31. The van der Waals surface area contributed by atoms with Crippen molar-refractivity contribution in [2.24, 2.45) is 0 Å². The first kappa shape index (κ1) is 16.0. The highest BCUT2D eigenvalue weighted by Gasteiger charge is 2.45. The highest BCUT2D eigenvalue weighted by atomic mass is 16.3. The van der Waals surface area contributed by atoms with E-state index >= 15 is 0 Å². The van der Waals surface area contributed by atoms with Crippen LogP contribution in [0, 0.1) is 0 Å². The molecule has 0 bridgehead atoms. The van der Waals surface area contributed by atoms with Gasteiger partial charge in [0.2, 0.25) is 0 Å². The maximum Gasteiger partial charge on any atom is 0.251 e. The zero-order valence-electron chi connectivity index (χ0n) is 13.0. The number of unbranched alkanes of at least 4 members (excludes halogenated alkanes) is 1. The SMILES string of the molecule is CCCCNC(=O)[C@@](C)(O)CC[C@@]1(c2ccccc2)CN1. The Balaban J connectivity index is 1.88. The van der Waals surface area contributed by atoms with Crippen LogP contribution >= 0.6 is 0 Å². The van der Waals surface area contributed by atoms with Gasteiger partial charge in [0, 0.05) is 13.1 Å². The van der Waals surface area contributed by atoms with Gasteiger partial charge >= 0.3 is 0 Å². The molecule has 116 valence electrons. The average molecular weight is 290 g/mol. The molecule has 21 heavy (non-hydrogen) atoms. The Morgan fingerprint density at radius 1 is 1.43 bits per heavy atom. The van der Waals surface area contributed by atoms with Gasteiger partial charge in [-0.3, -0.25) is 4.79 Å². The lowest BCUT2D eigenvalue weighted by molar-refractivity contribution is -0.138. The number of hydrogen-bond donors (Lipinski definition) is 3. The predicted molar refractivity (Wildman–Crippen MR) is 83.9 cm³/mol. The molecule has 0 aromatic heterocycles. The third-order valence-corrected chi connectivity index (χ3v) is 4.27. The molecule has 4 nitrogen and oxygen atoms in total. The lowest BCUT2D eigenvalue weighted by Gasteiger charge is -2.24. The van der Waals surface area contributed by atoms with Gasteiger partial charge in [0.15, 0.2) is 0 Å². The van der Waals surface area contributed by atoms with Gasteiger partial charge in [-0.1, -0.05) is 43.7 Å². The molecular weight excluding hydrogens is 264 g/mol. The van der Waals surface area contributed by atoms with Crippen molar-refractivity contribution >= 4 is 5.91 Å². The number of carbonyl (C=O) groups is 1. The highest BCUT2D eigenvalue weighted by Crippen LogP contribution is 2.37. The molecule has 1 heterocycles. The summed E-state index contributed by atoms with van der Waals surface area (Å²) in [5, 5.41) is 16.6. The molecule has 0 spiro atoms. The Morgan fingerprint density at radius 2 is 2.10 bits per heavy atom. The van der Waals surface area contributed by atoms with Crippen molar-refractivity contribution in [1.29, 1.82) is 0 Å². The van der Waals surface area contributed by atoms with Crippen molar-refractivity contribution in [1.82, 2.24) is 10.6 Å². The van der Waals surface area contributed by atoms with Crippen molar-refractivity contribution in [3.8, 4) is 0 Å². The fourth-order valence-electron chi connectivity index (χ4n) is 2.53. The van der Waals surface area contributed by atoms with Crippen LogP contribution in [0.3, 0.4) is 0 Å². The van der Waals surface area contributed by atoms with E-state index in [0.29, 0.717) is 13.0 Å². The zero-order chi connectivity index (χ0) is 15.3. The van der Waals surface area contributed by atoms with Crippen LogP contribution in [0.15, 0.2) is 30.3 Å². The van der Waals surface area contributed by atoms with E-state index in [1.165, 1.54) is 5.56 Å². The second-order valence-electron chi connectivity index (χ2n) is 6.18. The molecule has 1 aliphatic rings. The smallest absolute Gasteiger partial charge is 0.251 e. The van der Waals surface area contributed by atoms with Crippen molar-refractivity contribution in [3.63, 3.8) is 0 Å². The first-order valence-corrected chi connectivity index (χ1v) is 7.81. The van der Waals surface area contributed by atoms with Gasteiger partial charge in [-0.2, -0.15) is 0 Å². The Morgan fingerprint density at radius 3 is 2.67 bits per heavy atom. The van der Waals surface area contributed by atoms with Crippen LogP contribution in [0.2, 0.25) is 0 Å². The summed E-state index contributed by atoms with van der Waals surface area (Å²) in [4.78, 5) is 12.0. The predicted octanol–water partition coefficient (Wildman–Crippen LogP) is 1.93. The average Bonchev–Trinajstić information content (AvgIpc) is 3.28. The van der Waals surface area contributed by atoms with Crippen molar-refractivity contribution in [2.45, 2.75) is 50.7 Å². The van der Waals surface area contributed by atoms with Gasteiger partial charge in [0.25, 0.3) is 5.91 Å². The first-order chi connectivity index (χ1) is 10.0. The van der Waals surface area contributed by atoms with E-state index in [0.717, 1.165) is 25.8 Å². The van der Waals surface area contributed by atoms with E-state index in [1.54, 1.807) is 6.92 Å². The minimum absolute atomic E-state index is 0.0606. The fourth-order valence-corrected chi connectivity index (χ4v) is 2.53. The number of rotatable bonds is 8. The summed E-state index contributed by atoms with van der Waals surface area (Å²) in [6.45, 7) is 5.22. The summed E-state index contributed by atoms with van der Waals surface area (Å²) >= 11 is 0. The zero-order valence-corrected chi connectivity index (χ0v) is 13.0. The molecule has 1 amide bonds. The van der Waals surface area contributed by atoms with Gasteiger partial charge in [0.1, 0.15) is 5.60 Å². The monoisotopic (exact) mass is 290 g/mol. The van der Waals surface area contributed by atoms with Crippen LogP contribution in [-0.4, -0.2) is 29.7 Å². The number of carbonyl (C=O) groups excluding carboxylic acids is 1. The fraction of sp³-hybridized carbons (Fsp3) is 0.588. The van der Waals surface area contributed by atoms with E-state index < -0.39 is 5.60 Å². The van der Waals surface area contributed by atoms with Crippen LogP contribution in [0.1, 0.15) is 45.1 Å². The second-order valence-corrected chi connectivity index (χ2v) is 6.18. The van der Waals surface area contributed by atoms with Crippen LogP contribution in [0.5, 0.6) is 0 Å². The molecule has 0 radical (unpaired) electrons. The van der Waals surface area contributed by atoms with Crippen LogP contribution < -0.4 is 10.6 Å². The summed E-state index contributed by atoms with van der Waals surface area (Å²) in [6, 6.07) is 10.2. The van der Waals surface area contributed by atoms with Gasteiger partial charge in [-0.15, -0.1) is 0 Å². The van der Waals surface area contributed by atoms with Crippen molar-refractivity contribution in [2.75, 3.05) is 13.1 Å². The number of aliphatic hydroxyl groups is 1. The quantitative estimate of drug-likeness (QED) is 0.506. The third kappa shape index (κ3) is 4.05. The molecule has 1 aromatic rings. The molecule has 1 aliphatic heterocycles. The summed E-state index contributed by atoms with van der Waals surface area (Å²) in [6.07, 6.45) is 3.18. The summed E-state index contributed by atoms with van der Waals surface area (Å²) in [5.74, 6) is -0.264. The number of amides is 1. The maximum absolute atomic E-state index is 12.0. The van der Waals surface area contributed by atoms with E-state index in [9.17, 15) is 9.90 Å². The van der Waals surface area contributed by atoms with E-state index in [1.807, 2.05) is 18.2 Å². The van der Waals surface area contributed by atoms with Crippen LogP contribution in [0.4, 0.5) is 0 Å². The molecule has 2 atom stereocenters. The van der Waals surface area contributed by atoms with Crippen LogP contribution in [-0.2, 0) is 10.3 Å². The Bertz CT molecular complexity index is 467. The molecular formula is C17H26N2O2. The number of benzene rings is 1. The Hall–Kier alpha value is -1.39. The normalized spacial score (nSPS) is 23.4. The van der Waals surface area contributed by atoms with Crippen molar-refractivity contribution < 1.29 is 9.90 Å². The Labute approximate surface area is 126 Å². The largest absolute Gasteiger partial charge is 0.380 e. The summed E-state index contributed by atoms with van der Waals surface area (Å²) in [7, 11) is 0. The number of hydrogen-bond acceptors (Lipinski definition) is 3. The van der Waals surface area contributed by atoms with Gasteiger partial charge in [-0.05, 0) is 31.7 Å². The standard InChI is InChI=1S/C17H26N2O2/c1-3-4-12-18-15(20)16(2,21)10-11-17(13-19-17)14-8-6-5-7-9-14/h5-9,19,21H,3-4,10-13H2,1-2H3,(H,18,20)/t16-,17-/m0/s1. The van der Waals surface area contributed by atoms with Crippen LogP contribution in [0.25, 0.3) is 0 Å². The van der Waals surface area contributed by atoms with Crippen molar-refractivity contribution in [3.05, 3.63) is 35.9 Å². The molecule has 1 aromatic carbocycles. The molecule has 3 N–H and O–H groups in total. The van der Waals surface area contributed by atoms with Gasteiger partial charge in [-0.25, -0.2) is 0 Å². The molecule has 1 fully saturated rings. The summed E-state index contributed by atoms with van der Waals surface area (Å²) < 4.78 is 0. The van der Waals surface area contributed by atoms with Gasteiger partial charge in [0.05, 0.1) is 5.54 Å². The Kier molecular flexibility index (Phi) is 5.01. The topological polar surface area (TPSA) is 71.3 Å². The molecule has 2 rings (SSSR count). The lowest BCUT2D eigenvalue weighted by atomic mass is 9.88.